The van der Waals surface area contributed by atoms with E-state index in [9.17, 15) is 14.9 Å². The van der Waals surface area contributed by atoms with Crippen LogP contribution in [0.5, 0.6) is 11.5 Å². The number of carbonyl (C=O) groups excluding carboxylic acids is 1. The summed E-state index contributed by atoms with van der Waals surface area (Å²) in [4.78, 5) is 31.5. The van der Waals surface area contributed by atoms with Crippen LogP contribution in [0.25, 0.3) is 0 Å². The quantitative estimate of drug-likeness (QED) is 0.0495. The number of methoxy groups -OCH3 is 2. The van der Waals surface area contributed by atoms with Gasteiger partial charge < -0.3 is 9.47 Å². The van der Waals surface area contributed by atoms with E-state index in [0.717, 1.165) is 21.2 Å². The molecule has 1 aromatic heterocycles. The standard InChI is InChI=1S/C47H54N5O7PSe/c1-32(2)52(33(3)4)60(28-14-27-48)59-40-29-43(51-30-42(61-7)44(50-46(51)54)49-45(53)34-15-10-8-11-16-34)58-41(40)31-57-47(35-17-12-9-13-18-35,36-19-23-38(55-5)24-20-36)37-21-25-39(56-6)26-22-37/h8-13,15-26,30,32-33,40-41,43H,14,28-29,31H2,1-7H3,(H,49,50,53,54)/t40-,41+,43+,60?/m0/s1. The number of hydrogen-bond donors (Lipinski definition) is 1. The van der Waals surface area contributed by atoms with Crippen LogP contribution in [0.2, 0.25) is 5.82 Å². The van der Waals surface area contributed by atoms with Crippen molar-refractivity contribution in [3.05, 3.63) is 148 Å². The molecule has 4 atom stereocenters. The average molecular weight is 911 g/mol. The van der Waals surface area contributed by atoms with Crippen molar-refractivity contribution < 1.29 is 28.3 Å². The van der Waals surface area contributed by atoms with Gasteiger partial charge in [0, 0.05) is 0 Å². The van der Waals surface area contributed by atoms with Crippen LogP contribution in [0.1, 0.15) is 73.8 Å². The predicted octanol–water partition coefficient (Wildman–Crippen LogP) is 7.92. The number of nitriles is 1. The van der Waals surface area contributed by atoms with Gasteiger partial charge in [-0.1, -0.05) is 6.07 Å². The van der Waals surface area contributed by atoms with Crippen LogP contribution in [-0.4, -0.2) is 86.4 Å². The Morgan fingerprint density at radius 1 is 0.918 bits per heavy atom. The number of nitrogens with one attached hydrogen (secondary N) is 1. The topological polar surface area (TPSA) is 137 Å². The molecule has 61 heavy (non-hydrogen) atoms. The molecule has 1 saturated heterocycles. The van der Waals surface area contributed by atoms with E-state index in [2.05, 4.69) is 48.7 Å². The number of aromatic nitrogens is 2. The first-order valence-electron chi connectivity index (χ1n) is 20.3. The second-order valence-corrected chi connectivity index (χ2v) is 18.6. The van der Waals surface area contributed by atoms with Gasteiger partial charge in [-0.2, -0.15) is 0 Å². The van der Waals surface area contributed by atoms with Gasteiger partial charge in [-0.15, -0.1) is 0 Å². The van der Waals surface area contributed by atoms with Gasteiger partial charge in [0.2, 0.25) is 0 Å². The first-order chi connectivity index (χ1) is 29.5. The normalized spacial score (nSPS) is 17.0. The molecule has 0 saturated carbocycles. The third-order valence-electron chi connectivity index (χ3n) is 10.5. The third kappa shape index (κ3) is 10.6. The van der Waals surface area contributed by atoms with Crippen molar-refractivity contribution in [2.45, 2.75) is 82.5 Å². The molecule has 2 heterocycles. The molecule has 1 aliphatic rings. The van der Waals surface area contributed by atoms with E-state index in [1.807, 2.05) is 90.8 Å². The summed E-state index contributed by atoms with van der Waals surface area (Å²) in [6.07, 6.45) is 0.992. The molecule has 1 amide bonds. The van der Waals surface area contributed by atoms with E-state index >= 15 is 0 Å². The van der Waals surface area contributed by atoms with Crippen LogP contribution in [0, 0.1) is 11.3 Å². The van der Waals surface area contributed by atoms with Gasteiger partial charge >= 0.3 is 326 Å². The number of rotatable bonds is 19. The van der Waals surface area contributed by atoms with Gasteiger partial charge in [-0.05, 0) is 0 Å². The fourth-order valence-corrected chi connectivity index (χ4v) is 11.1. The number of amides is 1. The van der Waals surface area contributed by atoms with E-state index in [1.165, 1.54) is 4.57 Å². The maximum atomic E-state index is 13.9. The SMILES string of the molecule is COc1ccc(C(OC[C@H]2O[C@@H](n3cc([Se]C)c(NC(=O)c4ccccc4)nc3=O)C[C@@H]2OP(CCC#N)N(C(C)C)C(C)C)(c2ccccc2)c2ccc(OC)cc2)cc1. The van der Waals surface area contributed by atoms with Gasteiger partial charge in [-0.3, -0.25) is 0 Å². The first-order valence-corrected chi connectivity index (χ1v) is 24.3. The fraction of sp³-hybridized carbons (Fsp3) is 0.362. The molecular weight excluding hydrogens is 856 g/mol. The summed E-state index contributed by atoms with van der Waals surface area (Å²) in [6, 6.07) is 37.2. The Labute approximate surface area is 366 Å². The van der Waals surface area contributed by atoms with Gasteiger partial charge in [0.05, 0.1) is 14.2 Å². The predicted molar refractivity (Wildman–Crippen MR) is 240 cm³/mol. The summed E-state index contributed by atoms with van der Waals surface area (Å²) in [6.45, 7) is 8.60. The van der Waals surface area contributed by atoms with Gasteiger partial charge in [-0.25, -0.2) is 0 Å². The molecule has 0 aliphatic carbocycles. The second kappa shape index (κ2) is 21.3. The molecule has 320 valence electrons. The number of nitrogens with zero attached hydrogens (tertiary/aromatic N) is 4. The zero-order valence-corrected chi connectivity index (χ0v) is 38.3. The summed E-state index contributed by atoms with van der Waals surface area (Å²) in [5.41, 5.74) is 1.39. The Kier molecular flexibility index (Phi) is 15.9. The summed E-state index contributed by atoms with van der Waals surface area (Å²) in [7, 11) is 2.00. The van der Waals surface area contributed by atoms with Gasteiger partial charge in [0.15, 0.2) is 0 Å². The molecule has 0 bridgehead atoms. The summed E-state index contributed by atoms with van der Waals surface area (Å²) >= 11 is -0.147. The molecule has 4 aromatic carbocycles. The molecule has 5 aromatic rings. The number of carbonyl (C=O) groups is 1. The van der Waals surface area contributed by atoms with Crippen molar-refractivity contribution in [2.24, 2.45) is 0 Å². The summed E-state index contributed by atoms with van der Waals surface area (Å²) in [5, 5.41) is 12.6. The molecule has 12 nitrogen and oxygen atoms in total. The molecule has 1 N–H and O–H groups in total. The third-order valence-corrected chi connectivity index (χ3v) is 14.6. The van der Waals surface area contributed by atoms with Crippen LogP contribution < -0.4 is 24.9 Å². The van der Waals surface area contributed by atoms with Crippen LogP contribution in [0.15, 0.2) is 120 Å². The molecule has 1 unspecified atom stereocenters. The van der Waals surface area contributed by atoms with Crippen molar-refractivity contribution >= 4 is 39.4 Å². The van der Waals surface area contributed by atoms with Crippen LogP contribution in [0.4, 0.5) is 5.82 Å². The molecule has 0 spiro atoms. The zero-order chi connectivity index (χ0) is 43.5. The van der Waals surface area contributed by atoms with Crippen LogP contribution in [0.3, 0.4) is 0 Å². The Morgan fingerprint density at radius 2 is 1.48 bits per heavy atom. The zero-order valence-electron chi connectivity index (χ0n) is 35.7. The average Bonchev–Trinajstić information content (AvgIpc) is 3.68. The Bertz CT molecular complexity index is 2230. The molecule has 1 aliphatic heterocycles. The Morgan fingerprint density at radius 3 is 2.00 bits per heavy atom. The van der Waals surface area contributed by atoms with Gasteiger partial charge in [0.1, 0.15) is 11.5 Å². The molecule has 14 heteroatoms. The van der Waals surface area contributed by atoms with Crippen molar-refractivity contribution in [1.82, 2.24) is 14.2 Å². The number of ether oxygens (including phenoxy) is 4. The van der Waals surface area contributed by atoms with Gasteiger partial charge in [0.25, 0.3) is 0 Å². The van der Waals surface area contributed by atoms with E-state index in [1.54, 1.807) is 44.7 Å². The van der Waals surface area contributed by atoms with Crippen molar-refractivity contribution in [1.29, 1.82) is 5.26 Å². The monoisotopic (exact) mass is 911 g/mol. The Balaban J connectivity index is 1.42. The van der Waals surface area contributed by atoms with Crippen LogP contribution in [-0.2, 0) is 19.6 Å². The minimum absolute atomic E-state index is 0.0663. The molecule has 1 fully saturated rings. The number of hydrogen-bond acceptors (Lipinski definition) is 10. The van der Waals surface area contributed by atoms with E-state index in [4.69, 9.17) is 23.5 Å². The molecular formula is C47H54N5O7PSe. The van der Waals surface area contributed by atoms with E-state index in [-0.39, 0.29) is 45.4 Å². The second-order valence-electron chi connectivity index (χ2n) is 15.0. The first kappa shape index (κ1) is 45.6. The van der Waals surface area contributed by atoms with Crippen molar-refractivity contribution in [2.75, 3.05) is 32.3 Å². The molecule has 0 radical (unpaired) electrons. The van der Waals surface area contributed by atoms with Crippen molar-refractivity contribution in [3.63, 3.8) is 0 Å². The molecule has 6 rings (SSSR count). The summed E-state index contributed by atoms with van der Waals surface area (Å²) < 4.78 is 37.1. The number of benzene rings is 4. The summed E-state index contributed by atoms with van der Waals surface area (Å²) in [5.74, 6) is 3.31. The maximum absolute atomic E-state index is 13.9. The fourth-order valence-electron chi connectivity index (χ4n) is 7.72. The number of anilines is 1. The minimum atomic E-state index is -1.27. The van der Waals surface area contributed by atoms with E-state index in [0.29, 0.717) is 36.1 Å². The van der Waals surface area contributed by atoms with Crippen LogP contribution >= 0.6 is 8.30 Å². The van der Waals surface area contributed by atoms with Crippen molar-refractivity contribution in [3.8, 4) is 17.6 Å². The Hall–Kier alpha value is -4.89. The van der Waals surface area contributed by atoms with E-state index < -0.39 is 38.0 Å².